The number of imide groups is 1. The molecule has 0 aliphatic carbocycles. The van der Waals surface area contributed by atoms with Gasteiger partial charge in [-0.3, -0.25) is 19.8 Å². The van der Waals surface area contributed by atoms with Gasteiger partial charge in [-0.05, 0) is 20.9 Å². The van der Waals surface area contributed by atoms with Gasteiger partial charge >= 0.3 is 12.0 Å². The summed E-state index contributed by atoms with van der Waals surface area (Å²) in [5, 5.41) is 13.8. The van der Waals surface area contributed by atoms with E-state index in [2.05, 4.69) is 10.6 Å². The minimum Gasteiger partial charge on any atom is -0.481 e. The van der Waals surface area contributed by atoms with E-state index in [-0.39, 0.29) is 19.3 Å². The molecule has 1 aliphatic rings. The molecule has 0 bridgehead atoms. The van der Waals surface area contributed by atoms with Gasteiger partial charge in [0.1, 0.15) is 0 Å². The highest BCUT2D eigenvalue weighted by Crippen LogP contribution is 2.20. The number of carbonyl (C=O) groups excluding carboxylic acids is 2. The highest BCUT2D eigenvalue weighted by Gasteiger charge is 2.39. The first-order valence-electron chi connectivity index (χ1n) is 6.49. The van der Waals surface area contributed by atoms with Crippen molar-refractivity contribution in [3.8, 4) is 0 Å². The molecule has 8 heteroatoms. The fraction of sp³-hybridized carbons (Fsp3) is 0.750. The van der Waals surface area contributed by atoms with Crippen molar-refractivity contribution >= 4 is 17.9 Å². The Hall–Kier alpha value is -1.67. The minimum atomic E-state index is -0.948. The first kappa shape index (κ1) is 16.4. The number of nitrogens with one attached hydrogen (secondary N) is 2. The monoisotopic (exact) mass is 287 g/mol. The Morgan fingerprint density at radius 3 is 2.60 bits per heavy atom. The van der Waals surface area contributed by atoms with Gasteiger partial charge in [-0.1, -0.05) is 0 Å². The summed E-state index contributed by atoms with van der Waals surface area (Å²) in [4.78, 5) is 35.9. The van der Waals surface area contributed by atoms with Gasteiger partial charge < -0.3 is 15.2 Å². The van der Waals surface area contributed by atoms with Crippen molar-refractivity contribution in [1.82, 2.24) is 15.5 Å². The van der Waals surface area contributed by atoms with Crippen molar-refractivity contribution in [2.45, 2.75) is 25.9 Å². The van der Waals surface area contributed by atoms with Crippen molar-refractivity contribution in [2.24, 2.45) is 5.92 Å². The Morgan fingerprint density at radius 1 is 1.40 bits per heavy atom. The standard InChI is InChI=1S/C12H21N3O5/c1-4-13-12(19)14-10(16)7(2)15(3)9-6-20-5-8(9)11(17)18/h7-9H,4-6H2,1-3H3,(H,17,18)(H2,13,14,16,19). The summed E-state index contributed by atoms with van der Waals surface area (Å²) in [6.07, 6.45) is 0. The normalized spacial score (nSPS) is 23.4. The van der Waals surface area contributed by atoms with Crippen LogP contribution < -0.4 is 10.6 Å². The van der Waals surface area contributed by atoms with E-state index < -0.39 is 29.9 Å². The van der Waals surface area contributed by atoms with Gasteiger partial charge in [-0.25, -0.2) is 4.79 Å². The molecular formula is C12H21N3O5. The molecule has 1 heterocycles. The van der Waals surface area contributed by atoms with E-state index in [1.54, 1.807) is 25.8 Å². The fourth-order valence-electron chi connectivity index (χ4n) is 2.07. The third kappa shape index (κ3) is 3.91. The quantitative estimate of drug-likeness (QED) is 0.614. The molecule has 1 fully saturated rings. The molecule has 0 aromatic rings. The summed E-state index contributed by atoms with van der Waals surface area (Å²) in [6, 6.07) is -1.58. The number of rotatable bonds is 5. The average Bonchev–Trinajstić information content (AvgIpc) is 2.86. The number of hydrogen-bond donors (Lipinski definition) is 3. The van der Waals surface area contributed by atoms with Crippen LogP contribution in [0.4, 0.5) is 4.79 Å². The second-order valence-corrected chi connectivity index (χ2v) is 4.74. The Kier molecular flexibility index (Phi) is 5.90. The van der Waals surface area contributed by atoms with Crippen LogP contribution in [-0.4, -0.2) is 66.8 Å². The number of carboxylic acids is 1. The maximum atomic E-state index is 11.9. The molecule has 114 valence electrons. The molecule has 1 saturated heterocycles. The number of hydrogen-bond acceptors (Lipinski definition) is 5. The number of carboxylic acid groups (broad SMARTS) is 1. The van der Waals surface area contributed by atoms with Crippen molar-refractivity contribution < 1.29 is 24.2 Å². The van der Waals surface area contributed by atoms with Crippen LogP contribution in [0.15, 0.2) is 0 Å². The van der Waals surface area contributed by atoms with Gasteiger partial charge in [0, 0.05) is 12.6 Å². The lowest BCUT2D eigenvalue weighted by atomic mass is 10.0. The van der Waals surface area contributed by atoms with Crippen LogP contribution in [0, 0.1) is 5.92 Å². The SMILES string of the molecule is CCNC(=O)NC(=O)C(C)N(C)C1COCC1C(=O)O. The molecule has 1 rings (SSSR count). The number of likely N-dealkylation sites (N-methyl/N-ethyl adjacent to an activating group) is 1. The minimum absolute atomic E-state index is 0.134. The van der Waals surface area contributed by atoms with E-state index in [4.69, 9.17) is 9.84 Å². The lowest BCUT2D eigenvalue weighted by Gasteiger charge is -2.30. The van der Waals surface area contributed by atoms with Crippen LogP contribution >= 0.6 is 0 Å². The Labute approximate surface area is 117 Å². The van der Waals surface area contributed by atoms with Crippen LogP contribution in [0.3, 0.4) is 0 Å². The molecule has 3 atom stereocenters. The molecule has 3 unspecified atom stereocenters. The van der Waals surface area contributed by atoms with Gasteiger partial charge in [0.25, 0.3) is 0 Å². The second kappa shape index (κ2) is 7.20. The molecule has 0 radical (unpaired) electrons. The van der Waals surface area contributed by atoms with Gasteiger partial charge in [0.15, 0.2) is 0 Å². The molecule has 3 N–H and O–H groups in total. The number of carbonyl (C=O) groups is 3. The van der Waals surface area contributed by atoms with Crippen LogP contribution in [0.1, 0.15) is 13.8 Å². The fourth-order valence-corrected chi connectivity index (χ4v) is 2.07. The number of urea groups is 1. The van der Waals surface area contributed by atoms with Crippen LogP contribution in [0.25, 0.3) is 0 Å². The topological polar surface area (TPSA) is 108 Å². The first-order valence-corrected chi connectivity index (χ1v) is 6.49. The number of aliphatic carboxylic acids is 1. The van der Waals surface area contributed by atoms with Crippen molar-refractivity contribution in [3.05, 3.63) is 0 Å². The zero-order valence-corrected chi connectivity index (χ0v) is 11.9. The third-order valence-corrected chi connectivity index (χ3v) is 3.46. The molecule has 0 saturated carbocycles. The van der Waals surface area contributed by atoms with E-state index in [1.807, 2.05) is 0 Å². The van der Waals surface area contributed by atoms with Crippen molar-refractivity contribution in [1.29, 1.82) is 0 Å². The van der Waals surface area contributed by atoms with E-state index in [1.165, 1.54) is 0 Å². The highest BCUT2D eigenvalue weighted by molar-refractivity contribution is 5.96. The zero-order chi connectivity index (χ0) is 15.3. The highest BCUT2D eigenvalue weighted by atomic mass is 16.5. The molecule has 0 aromatic heterocycles. The maximum absolute atomic E-state index is 11.9. The van der Waals surface area contributed by atoms with Crippen LogP contribution in [0.2, 0.25) is 0 Å². The Morgan fingerprint density at radius 2 is 2.05 bits per heavy atom. The number of nitrogens with zero attached hydrogens (tertiary/aromatic N) is 1. The van der Waals surface area contributed by atoms with E-state index in [0.29, 0.717) is 6.54 Å². The molecule has 1 aliphatic heterocycles. The zero-order valence-electron chi connectivity index (χ0n) is 11.9. The molecule has 3 amide bonds. The van der Waals surface area contributed by atoms with E-state index in [0.717, 1.165) is 0 Å². The first-order chi connectivity index (χ1) is 9.38. The van der Waals surface area contributed by atoms with Gasteiger partial charge in [-0.2, -0.15) is 0 Å². The van der Waals surface area contributed by atoms with Crippen LogP contribution in [0.5, 0.6) is 0 Å². The smallest absolute Gasteiger partial charge is 0.321 e. The second-order valence-electron chi connectivity index (χ2n) is 4.74. The Balaban J connectivity index is 2.61. The molecule has 8 nitrogen and oxygen atoms in total. The Bertz CT molecular complexity index is 387. The predicted molar refractivity (Wildman–Crippen MR) is 70.2 cm³/mol. The lowest BCUT2D eigenvalue weighted by molar-refractivity contribution is -0.144. The predicted octanol–water partition coefficient (Wildman–Crippen LogP) is -0.748. The number of amides is 3. The summed E-state index contributed by atoms with van der Waals surface area (Å²) in [6.45, 7) is 4.17. The summed E-state index contributed by atoms with van der Waals surface area (Å²) < 4.78 is 5.17. The summed E-state index contributed by atoms with van der Waals surface area (Å²) >= 11 is 0. The van der Waals surface area contributed by atoms with Gasteiger partial charge in [-0.15, -0.1) is 0 Å². The molecule has 20 heavy (non-hydrogen) atoms. The maximum Gasteiger partial charge on any atom is 0.321 e. The van der Waals surface area contributed by atoms with Gasteiger partial charge in [0.05, 0.1) is 25.2 Å². The van der Waals surface area contributed by atoms with Gasteiger partial charge in [0.2, 0.25) is 5.91 Å². The third-order valence-electron chi connectivity index (χ3n) is 3.46. The molecule has 0 spiro atoms. The van der Waals surface area contributed by atoms with Crippen molar-refractivity contribution in [3.63, 3.8) is 0 Å². The van der Waals surface area contributed by atoms with E-state index >= 15 is 0 Å². The molecule has 0 aromatic carbocycles. The number of ether oxygens (including phenoxy) is 1. The summed E-state index contributed by atoms with van der Waals surface area (Å²) in [5.74, 6) is -2.09. The van der Waals surface area contributed by atoms with Crippen LogP contribution in [-0.2, 0) is 14.3 Å². The average molecular weight is 287 g/mol. The summed E-state index contributed by atoms with van der Waals surface area (Å²) in [7, 11) is 1.65. The van der Waals surface area contributed by atoms with Crippen molar-refractivity contribution in [2.75, 3.05) is 26.8 Å². The largest absolute Gasteiger partial charge is 0.481 e. The van der Waals surface area contributed by atoms with E-state index in [9.17, 15) is 14.4 Å². The molecular weight excluding hydrogens is 266 g/mol. The lowest BCUT2D eigenvalue weighted by Crippen LogP contribution is -2.53. The summed E-state index contributed by atoms with van der Waals surface area (Å²) in [5.41, 5.74) is 0.